The summed E-state index contributed by atoms with van der Waals surface area (Å²) in [6.45, 7) is 4.45. The van der Waals surface area contributed by atoms with Crippen molar-refractivity contribution in [3.8, 4) is 0 Å². The number of hydrogen-bond acceptors (Lipinski definition) is 2. The molecule has 1 aliphatic rings. The minimum Gasteiger partial charge on any atom is -0.357 e. The van der Waals surface area contributed by atoms with Crippen molar-refractivity contribution < 1.29 is 4.74 Å². The highest BCUT2D eigenvalue weighted by Crippen LogP contribution is 2.38. The summed E-state index contributed by atoms with van der Waals surface area (Å²) in [6, 6.07) is 21.0. The summed E-state index contributed by atoms with van der Waals surface area (Å²) in [5, 5.41) is 0. The second kappa shape index (κ2) is 7.50. The maximum Gasteiger partial charge on any atom is 0.160 e. The summed E-state index contributed by atoms with van der Waals surface area (Å²) in [5.74, 6) is 0. The molecule has 0 amide bonds. The zero-order chi connectivity index (χ0) is 16.9. The monoisotopic (exact) mass is 319 g/mol. The molecule has 0 radical (unpaired) electrons. The van der Waals surface area contributed by atoms with Crippen molar-refractivity contribution in [2.45, 2.75) is 32.9 Å². The van der Waals surface area contributed by atoms with Crippen LogP contribution >= 0.6 is 0 Å². The second-order valence-electron chi connectivity index (χ2n) is 6.14. The molecule has 24 heavy (non-hydrogen) atoms. The Balaban J connectivity index is 2.13. The fourth-order valence-corrected chi connectivity index (χ4v) is 3.37. The van der Waals surface area contributed by atoms with Gasteiger partial charge in [-0.25, -0.2) is 0 Å². The Morgan fingerprint density at radius 2 is 1.58 bits per heavy atom. The van der Waals surface area contributed by atoms with E-state index in [9.17, 15) is 0 Å². The first-order chi connectivity index (χ1) is 11.8. The van der Waals surface area contributed by atoms with Crippen LogP contribution in [0.2, 0.25) is 0 Å². The maximum atomic E-state index is 5.95. The number of allylic oxidation sites excluding steroid dienone is 2. The van der Waals surface area contributed by atoms with Crippen molar-refractivity contribution in [1.82, 2.24) is 0 Å². The molecule has 1 atom stereocenters. The van der Waals surface area contributed by atoms with Crippen molar-refractivity contribution >= 4 is 11.3 Å². The lowest BCUT2D eigenvalue weighted by Gasteiger charge is -2.37. The van der Waals surface area contributed by atoms with Gasteiger partial charge in [-0.05, 0) is 42.2 Å². The average Bonchev–Trinajstić information content (AvgIpc) is 2.64. The van der Waals surface area contributed by atoms with Crippen molar-refractivity contribution in [1.29, 1.82) is 0 Å². The predicted octanol–water partition coefficient (Wildman–Crippen LogP) is 5.64. The topological polar surface area (TPSA) is 12.5 Å². The Bertz CT molecular complexity index is 731. The molecular formula is C22H25NO. The van der Waals surface area contributed by atoms with E-state index in [1.807, 2.05) is 6.07 Å². The number of anilines is 1. The summed E-state index contributed by atoms with van der Waals surface area (Å²) in [7, 11) is 1.79. The van der Waals surface area contributed by atoms with E-state index in [1.54, 1.807) is 7.11 Å². The molecule has 2 aromatic rings. The Hall–Kier alpha value is -2.32. The minimum atomic E-state index is -0.115. The number of benzene rings is 2. The molecule has 1 unspecified atom stereocenters. The SMILES string of the molecule is CCCC1=CN(c2ccccc2)C(OC)C(c2ccccc2)=C1C. The highest BCUT2D eigenvalue weighted by atomic mass is 16.5. The molecule has 2 heteroatoms. The molecule has 0 aromatic heterocycles. The highest BCUT2D eigenvalue weighted by Gasteiger charge is 2.29. The van der Waals surface area contributed by atoms with E-state index in [2.05, 4.69) is 79.5 Å². The van der Waals surface area contributed by atoms with Crippen LogP contribution in [0.4, 0.5) is 5.69 Å². The molecule has 124 valence electrons. The first kappa shape index (κ1) is 16.5. The summed E-state index contributed by atoms with van der Waals surface area (Å²) in [4.78, 5) is 2.25. The molecule has 0 aliphatic carbocycles. The molecule has 0 N–H and O–H groups in total. The van der Waals surface area contributed by atoms with E-state index in [0.717, 1.165) is 18.5 Å². The third-order valence-corrected chi connectivity index (χ3v) is 4.56. The minimum absolute atomic E-state index is 0.115. The van der Waals surface area contributed by atoms with E-state index >= 15 is 0 Å². The van der Waals surface area contributed by atoms with Gasteiger partial charge in [-0.2, -0.15) is 0 Å². The van der Waals surface area contributed by atoms with Crippen molar-refractivity contribution in [2.75, 3.05) is 12.0 Å². The number of hydrogen-bond donors (Lipinski definition) is 0. The fourth-order valence-electron chi connectivity index (χ4n) is 3.37. The first-order valence-corrected chi connectivity index (χ1v) is 8.59. The second-order valence-corrected chi connectivity index (χ2v) is 6.14. The standard InChI is InChI=1S/C22H25NO/c1-4-11-19-16-23(20-14-9-6-10-15-20)22(24-3)21(17(19)2)18-12-7-5-8-13-18/h5-10,12-16,22H,4,11H2,1-3H3. The van der Waals surface area contributed by atoms with E-state index < -0.39 is 0 Å². The Kier molecular flexibility index (Phi) is 5.17. The van der Waals surface area contributed by atoms with Gasteiger partial charge in [-0.15, -0.1) is 0 Å². The zero-order valence-electron chi connectivity index (χ0n) is 14.7. The first-order valence-electron chi connectivity index (χ1n) is 8.59. The third-order valence-electron chi connectivity index (χ3n) is 4.56. The number of methoxy groups -OCH3 is 1. The smallest absolute Gasteiger partial charge is 0.160 e. The quantitative estimate of drug-likeness (QED) is 0.707. The van der Waals surface area contributed by atoms with Crippen LogP contribution in [-0.2, 0) is 4.74 Å². The van der Waals surface area contributed by atoms with E-state index in [4.69, 9.17) is 4.74 Å². The van der Waals surface area contributed by atoms with Crippen LogP contribution in [-0.4, -0.2) is 13.3 Å². The molecule has 2 nitrogen and oxygen atoms in total. The maximum absolute atomic E-state index is 5.95. The average molecular weight is 319 g/mol. The summed E-state index contributed by atoms with van der Waals surface area (Å²) in [5.41, 5.74) is 6.35. The molecular weight excluding hydrogens is 294 g/mol. The number of rotatable bonds is 5. The molecule has 0 saturated carbocycles. The van der Waals surface area contributed by atoms with Crippen LogP contribution in [0.15, 0.2) is 78.0 Å². The van der Waals surface area contributed by atoms with Gasteiger partial charge in [-0.1, -0.05) is 61.9 Å². The van der Waals surface area contributed by atoms with Gasteiger partial charge in [-0.3, -0.25) is 0 Å². The van der Waals surface area contributed by atoms with Gasteiger partial charge in [0.25, 0.3) is 0 Å². The molecule has 1 aliphatic heterocycles. The van der Waals surface area contributed by atoms with E-state index in [0.29, 0.717) is 0 Å². The largest absolute Gasteiger partial charge is 0.357 e. The van der Waals surface area contributed by atoms with Crippen molar-refractivity contribution in [3.05, 3.63) is 83.6 Å². The fraction of sp³-hybridized carbons (Fsp3) is 0.273. The summed E-state index contributed by atoms with van der Waals surface area (Å²) in [6.07, 6.45) is 4.35. The van der Waals surface area contributed by atoms with Crippen LogP contribution in [0.5, 0.6) is 0 Å². The zero-order valence-corrected chi connectivity index (χ0v) is 14.7. The van der Waals surface area contributed by atoms with Crippen LogP contribution in [0, 0.1) is 0 Å². The van der Waals surface area contributed by atoms with Gasteiger partial charge >= 0.3 is 0 Å². The number of para-hydroxylation sites is 1. The Morgan fingerprint density at radius 1 is 0.958 bits per heavy atom. The van der Waals surface area contributed by atoms with E-state index in [1.165, 1.54) is 22.3 Å². The van der Waals surface area contributed by atoms with Crippen molar-refractivity contribution in [2.24, 2.45) is 0 Å². The lowest BCUT2D eigenvalue weighted by molar-refractivity contribution is 0.150. The van der Waals surface area contributed by atoms with Gasteiger partial charge in [0.15, 0.2) is 6.23 Å². The lowest BCUT2D eigenvalue weighted by Crippen LogP contribution is -2.37. The van der Waals surface area contributed by atoms with Crippen LogP contribution < -0.4 is 4.90 Å². The molecule has 0 bridgehead atoms. The van der Waals surface area contributed by atoms with Gasteiger partial charge in [0, 0.05) is 24.6 Å². The highest BCUT2D eigenvalue weighted by molar-refractivity contribution is 5.80. The predicted molar refractivity (Wildman–Crippen MR) is 102 cm³/mol. The van der Waals surface area contributed by atoms with Crippen LogP contribution in [0.1, 0.15) is 32.3 Å². The summed E-state index contributed by atoms with van der Waals surface area (Å²) >= 11 is 0. The molecule has 3 rings (SSSR count). The van der Waals surface area contributed by atoms with Gasteiger partial charge in [0.2, 0.25) is 0 Å². The van der Waals surface area contributed by atoms with Crippen LogP contribution in [0.3, 0.4) is 0 Å². The van der Waals surface area contributed by atoms with Gasteiger partial charge in [0.1, 0.15) is 0 Å². The molecule has 0 fully saturated rings. The normalized spacial score (nSPS) is 17.9. The van der Waals surface area contributed by atoms with Crippen molar-refractivity contribution in [3.63, 3.8) is 0 Å². The number of nitrogens with zero attached hydrogens (tertiary/aromatic N) is 1. The molecule has 1 heterocycles. The van der Waals surface area contributed by atoms with E-state index in [-0.39, 0.29) is 6.23 Å². The lowest BCUT2D eigenvalue weighted by atomic mass is 9.89. The molecule has 0 saturated heterocycles. The van der Waals surface area contributed by atoms with Gasteiger partial charge in [0.05, 0.1) is 0 Å². The number of ether oxygens (including phenoxy) is 1. The molecule has 0 spiro atoms. The Labute approximate surface area is 145 Å². The third kappa shape index (κ3) is 3.15. The Morgan fingerprint density at radius 3 is 2.17 bits per heavy atom. The van der Waals surface area contributed by atoms with Crippen LogP contribution in [0.25, 0.3) is 5.57 Å². The summed E-state index contributed by atoms with van der Waals surface area (Å²) < 4.78 is 5.95. The molecule has 2 aromatic carbocycles. The van der Waals surface area contributed by atoms with Gasteiger partial charge < -0.3 is 9.64 Å².